The van der Waals surface area contributed by atoms with Crippen LogP contribution in [0.15, 0.2) is 57.7 Å². The zero-order chi connectivity index (χ0) is 20.0. The molecule has 7 heteroatoms. The summed E-state index contributed by atoms with van der Waals surface area (Å²) in [6, 6.07) is 11.5. The minimum Gasteiger partial charge on any atom is -0.467 e. The Hall–Kier alpha value is -3.48. The quantitative estimate of drug-likeness (QED) is 0.479. The predicted octanol–water partition coefficient (Wildman–Crippen LogP) is 4.99. The number of hydrogen-bond donors (Lipinski definition) is 0. The molecule has 0 radical (unpaired) electrons. The van der Waals surface area contributed by atoms with E-state index in [4.69, 9.17) is 8.94 Å². The smallest absolute Gasteiger partial charge is 0.259 e. The molecule has 1 aromatic carbocycles. The summed E-state index contributed by atoms with van der Waals surface area (Å²) >= 11 is 0. The number of aryl methyl sites for hydroxylation is 1. The van der Waals surface area contributed by atoms with Gasteiger partial charge in [0.1, 0.15) is 11.6 Å². The van der Waals surface area contributed by atoms with Crippen LogP contribution in [0, 0.1) is 12.7 Å². The summed E-state index contributed by atoms with van der Waals surface area (Å²) in [6.45, 7) is 1.86. The van der Waals surface area contributed by atoms with Crippen LogP contribution < -0.4 is 4.90 Å². The second-order valence-electron chi connectivity index (χ2n) is 7.24. The van der Waals surface area contributed by atoms with Gasteiger partial charge in [0, 0.05) is 11.6 Å². The van der Waals surface area contributed by atoms with Crippen molar-refractivity contribution in [2.75, 3.05) is 4.90 Å². The minimum absolute atomic E-state index is 0.0969. The summed E-state index contributed by atoms with van der Waals surface area (Å²) in [5.41, 5.74) is 2.31. The fraction of sp³-hybridized carbons (Fsp3) is 0.227. The number of carbonyl (C=O) groups excluding carboxylic acids is 1. The van der Waals surface area contributed by atoms with E-state index in [1.165, 1.54) is 17.2 Å². The molecule has 0 bridgehead atoms. The van der Waals surface area contributed by atoms with Crippen molar-refractivity contribution in [2.24, 2.45) is 0 Å². The number of benzene rings is 1. The lowest BCUT2D eigenvalue weighted by Gasteiger charge is -2.23. The zero-order valence-corrected chi connectivity index (χ0v) is 15.8. The van der Waals surface area contributed by atoms with Crippen LogP contribution in [0.25, 0.3) is 11.1 Å². The van der Waals surface area contributed by atoms with Gasteiger partial charge in [-0.05, 0) is 50.1 Å². The molecule has 0 atom stereocenters. The molecule has 3 heterocycles. The summed E-state index contributed by atoms with van der Waals surface area (Å²) in [5.74, 6) is 0.0361. The highest BCUT2D eigenvalue weighted by Crippen LogP contribution is 2.41. The van der Waals surface area contributed by atoms with Crippen molar-refractivity contribution in [3.8, 4) is 0 Å². The molecule has 0 aliphatic heterocycles. The lowest BCUT2D eigenvalue weighted by Crippen LogP contribution is -2.31. The molecule has 1 saturated carbocycles. The maximum atomic E-state index is 14.6. The molecule has 3 aromatic heterocycles. The van der Waals surface area contributed by atoms with E-state index in [9.17, 15) is 9.18 Å². The summed E-state index contributed by atoms with van der Waals surface area (Å²) in [4.78, 5) is 19.6. The van der Waals surface area contributed by atoms with Gasteiger partial charge in [-0.1, -0.05) is 17.3 Å². The Kier molecular flexibility index (Phi) is 4.16. The van der Waals surface area contributed by atoms with Crippen LogP contribution in [0.4, 0.5) is 10.1 Å². The second-order valence-corrected chi connectivity index (χ2v) is 7.24. The number of pyridine rings is 1. The minimum atomic E-state index is -0.484. The van der Waals surface area contributed by atoms with Gasteiger partial charge in [-0.15, -0.1) is 0 Å². The molecule has 5 rings (SSSR count). The fourth-order valence-corrected chi connectivity index (χ4v) is 3.51. The molecule has 0 N–H and O–H groups in total. The first-order valence-corrected chi connectivity index (χ1v) is 9.47. The summed E-state index contributed by atoms with van der Waals surface area (Å²) in [6.07, 6.45) is 3.59. The van der Waals surface area contributed by atoms with Crippen molar-refractivity contribution in [2.45, 2.75) is 32.2 Å². The molecule has 0 saturated heterocycles. The van der Waals surface area contributed by atoms with E-state index < -0.39 is 5.82 Å². The van der Waals surface area contributed by atoms with E-state index >= 15 is 0 Å². The molecule has 1 fully saturated rings. The highest BCUT2D eigenvalue weighted by atomic mass is 19.1. The Morgan fingerprint density at radius 3 is 2.79 bits per heavy atom. The van der Waals surface area contributed by atoms with Crippen LogP contribution in [-0.2, 0) is 6.54 Å². The Morgan fingerprint density at radius 2 is 2.07 bits per heavy atom. The molecule has 6 nitrogen and oxygen atoms in total. The van der Waals surface area contributed by atoms with Crippen LogP contribution in [0.3, 0.4) is 0 Å². The first kappa shape index (κ1) is 17.6. The topological polar surface area (TPSA) is 72.4 Å². The Labute approximate surface area is 165 Å². The van der Waals surface area contributed by atoms with Crippen molar-refractivity contribution in [1.29, 1.82) is 0 Å². The molecular formula is C22H18FN3O3. The maximum Gasteiger partial charge on any atom is 0.259 e. The molecule has 29 heavy (non-hydrogen) atoms. The van der Waals surface area contributed by atoms with Gasteiger partial charge in [-0.3, -0.25) is 9.69 Å². The number of amides is 1. The Bertz CT molecular complexity index is 1200. The van der Waals surface area contributed by atoms with E-state index in [-0.39, 0.29) is 18.1 Å². The first-order valence-electron chi connectivity index (χ1n) is 9.47. The van der Waals surface area contributed by atoms with Gasteiger partial charge >= 0.3 is 0 Å². The van der Waals surface area contributed by atoms with Crippen LogP contribution in [0.2, 0.25) is 0 Å². The third kappa shape index (κ3) is 3.18. The lowest BCUT2D eigenvalue weighted by atomic mass is 10.1. The molecular weight excluding hydrogens is 373 g/mol. The number of halogens is 1. The number of para-hydroxylation sites is 1. The van der Waals surface area contributed by atoms with Gasteiger partial charge in [0.25, 0.3) is 11.6 Å². The molecule has 1 aliphatic carbocycles. The molecule has 4 aromatic rings. The standard InChI is InChI=1S/C22H18FN3O3/c1-13-20-16(11-18(14-8-9-14)24-21(20)29-25-13)22(27)26(12-15-5-4-10-28-15)19-7-3-2-6-17(19)23/h2-7,10-11,14H,8-9,12H2,1H3. The Balaban J connectivity index is 1.65. The van der Waals surface area contributed by atoms with Gasteiger partial charge in [0.15, 0.2) is 0 Å². The van der Waals surface area contributed by atoms with E-state index in [2.05, 4.69) is 10.1 Å². The van der Waals surface area contributed by atoms with Crippen molar-refractivity contribution < 1.29 is 18.1 Å². The third-order valence-corrected chi connectivity index (χ3v) is 5.15. The number of fused-ring (bicyclic) bond motifs is 1. The number of anilines is 1. The summed E-state index contributed by atoms with van der Waals surface area (Å²) < 4.78 is 25.4. The number of furan rings is 1. The number of aromatic nitrogens is 2. The van der Waals surface area contributed by atoms with E-state index in [0.717, 1.165) is 18.5 Å². The molecule has 0 spiro atoms. The fourth-order valence-electron chi connectivity index (χ4n) is 3.51. The summed E-state index contributed by atoms with van der Waals surface area (Å²) in [7, 11) is 0. The maximum absolute atomic E-state index is 14.6. The van der Waals surface area contributed by atoms with E-state index in [1.54, 1.807) is 43.3 Å². The third-order valence-electron chi connectivity index (χ3n) is 5.15. The van der Waals surface area contributed by atoms with Crippen molar-refractivity contribution >= 4 is 22.7 Å². The molecule has 0 unspecified atom stereocenters. The van der Waals surface area contributed by atoms with Gasteiger partial charge < -0.3 is 8.94 Å². The zero-order valence-electron chi connectivity index (χ0n) is 15.8. The van der Waals surface area contributed by atoms with Gasteiger partial charge in [0.05, 0.1) is 35.1 Å². The van der Waals surface area contributed by atoms with Crippen molar-refractivity contribution in [1.82, 2.24) is 10.1 Å². The number of hydrogen-bond acceptors (Lipinski definition) is 5. The van der Waals surface area contributed by atoms with Crippen molar-refractivity contribution in [3.63, 3.8) is 0 Å². The Morgan fingerprint density at radius 1 is 1.24 bits per heavy atom. The lowest BCUT2D eigenvalue weighted by molar-refractivity contribution is 0.0983. The number of nitrogens with zero attached hydrogens (tertiary/aromatic N) is 3. The van der Waals surface area contributed by atoms with E-state index in [0.29, 0.717) is 34.0 Å². The molecule has 1 amide bonds. The number of carbonyl (C=O) groups is 1. The van der Waals surface area contributed by atoms with Crippen LogP contribution in [0.5, 0.6) is 0 Å². The van der Waals surface area contributed by atoms with Crippen LogP contribution in [0.1, 0.15) is 46.3 Å². The van der Waals surface area contributed by atoms with Gasteiger partial charge in [0.2, 0.25) is 0 Å². The molecule has 146 valence electrons. The molecule has 1 aliphatic rings. The van der Waals surface area contributed by atoms with Crippen LogP contribution in [-0.4, -0.2) is 16.0 Å². The van der Waals surface area contributed by atoms with Gasteiger partial charge in [-0.25, -0.2) is 9.37 Å². The largest absolute Gasteiger partial charge is 0.467 e. The van der Waals surface area contributed by atoms with Gasteiger partial charge in [-0.2, -0.15) is 0 Å². The average Bonchev–Trinajstić information content (AvgIpc) is 3.33. The first-order chi connectivity index (χ1) is 14.1. The van der Waals surface area contributed by atoms with Crippen molar-refractivity contribution in [3.05, 3.63) is 77.3 Å². The predicted molar refractivity (Wildman–Crippen MR) is 104 cm³/mol. The van der Waals surface area contributed by atoms with E-state index in [1.807, 2.05) is 0 Å². The normalized spacial score (nSPS) is 13.7. The highest BCUT2D eigenvalue weighted by molar-refractivity contribution is 6.13. The second kappa shape index (κ2) is 6.84. The SMILES string of the molecule is Cc1noc2nc(C3CC3)cc(C(=O)N(Cc3ccco3)c3ccccc3F)c12. The summed E-state index contributed by atoms with van der Waals surface area (Å²) in [5, 5.41) is 4.54. The average molecular weight is 391 g/mol. The highest BCUT2D eigenvalue weighted by Gasteiger charge is 2.31. The van der Waals surface area contributed by atoms with Crippen LogP contribution >= 0.6 is 0 Å². The number of rotatable bonds is 5. The monoisotopic (exact) mass is 391 g/mol.